The molecule has 3 rings (SSSR count). The van der Waals surface area contributed by atoms with E-state index in [9.17, 15) is 25.0 Å². The average Bonchev–Trinajstić information content (AvgIpc) is 2.96. The number of hydrogen-bond acceptors (Lipinski definition) is 7. The maximum absolute atomic E-state index is 12.9. The first-order chi connectivity index (χ1) is 13.3. The second kappa shape index (κ2) is 7.27. The molecule has 1 aliphatic heterocycles. The van der Waals surface area contributed by atoms with Crippen molar-refractivity contribution < 1.29 is 19.4 Å². The topological polar surface area (TPSA) is 128 Å². The number of amides is 1. The van der Waals surface area contributed by atoms with E-state index in [1.807, 2.05) is 0 Å². The van der Waals surface area contributed by atoms with Gasteiger partial charge in [-0.1, -0.05) is 18.2 Å². The molecule has 2 aromatic rings. The Hall–Kier alpha value is -4.08. The third-order valence-corrected chi connectivity index (χ3v) is 4.10. The second-order valence-corrected chi connectivity index (χ2v) is 5.79. The highest BCUT2D eigenvalue weighted by Crippen LogP contribution is 2.35. The van der Waals surface area contributed by atoms with Gasteiger partial charge in [0.25, 0.3) is 11.6 Å². The molecule has 0 saturated heterocycles. The van der Waals surface area contributed by atoms with Crippen molar-refractivity contribution in [2.45, 2.75) is 6.92 Å². The van der Waals surface area contributed by atoms with Gasteiger partial charge in [0.05, 0.1) is 34.3 Å². The molecule has 0 aromatic heterocycles. The Morgan fingerprint density at radius 3 is 2.46 bits per heavy atom. The van der Waals surface area contributed by atoms with Crippen molar-refractivity contribution in [2.24, 2.45) is 5.10 Å². The van der Waals surface area contributed by atoms with Crippen molar-refractivity contribution in [3.63, 3.8) is 0 Å². The van der Waals surface area contributed by atoms with Gasteiger partial charge in [0.15, 0.2) is 0 Å². The van der Waals surface area contributed by atoms with Crippen LogP contribution in [0.2, 0.25) is 0 Å². The molecule has 1 heterocycles. The zero-order valence-electron chi connectivity index (χ0n) is 14.9. The Balaban J connectivity index is 2.05. The second-order valence-electron chi connectivity index (χ2n) is 5.79. The molecule has 0 spiro atoms. The third kappa shape index (κ3) is 3.30. The number of benzene rings is 2. The summed E-state index contributed by atoms with van der Waals surface area (Å²) in [6.07, 6.45) is 1.58. The lowest BCUT2D eigenvalue weighted by Gasteiger charge is -2.12. The predicted octanol–water partition coefficient (Wildman–Crippen LogP) is 3.32. The van der Waals surface area contributed by atoms with E-state index in [1.165, 1.54) is 7.11 Å². The normalized spacial score (nSPS) is 14.9. The number of carbonyl (C=O) groups excluding carboxylic acids is 1. The first-order valence-electron chi connectivity index (χ1n) is 8.01. The molecule has 0 aliphatic carbocycles. The summed E-state index contributed by atoms with van der Waals surface area (Å²) in [5, 5.41) is 27.2. The van der Waals surface area contributed by atoms with Gasteiger partial charge in [0, 0.05) is 11.6 Å². The number of nitrogens with zero attached hydrogens (tertiary/aromatic N) is 4. The molecule has 10 nitrogen and oxygen atoms in total. The molecule has 1 aliphatic rings. The third-order valence-electron chi connectivity index (χ3n) is 4.10. The summed E-state index contributed by atoms with van der Waals surface area (Å²) in [6.45, 7) is 1.59. The quantitative estimate of drug-likeness (QED) is 0.443. The SMILES string of the molecule is COc1ccccc1/C=C1\C(=O)N(c2ccc([N+](=O)[O-])cc2[N+](=O)[O-])N=C1C. The summed E-state index contributed by atoms with van der Waals surface area (Å²) >= 11 is 0. The number of hydrogen-bond donors (Lipinski definition) is 0. The fourth-order valence-electron chi connectivity index (χ4n) is 2.74. The van der Waals surface area contributed by atoms with Gasteiger partial charge in [0.1, 0.15) is 11.4 Å². The number of anilines is 1. The van der Waals surface area contributed by atoms with Crippen LogP contribution in [0.3, 0.4) is 0 Å². The molecule has 0 unspecified atom stereocenters. The van der Waals surface area contributed by atoms with E-state index >= 15 is 0 Å². The van der Waals surface area contributed by atoms with Crippen LogP contribution >= 0.6 is 0 Å². The molecule has 2 aromatic carbocycles. The standard InChI is InChI=1S/C18H14N4O6/c1-11-14(9-12-5-3-4-6-17(12)28-2)18(23)20(19-11)15-8-7-13(21(24)25)10-16(15)22(26)27/h3-10H,1-2H3/b14-9-. The van der Waals surface area contributed by atoms with E-state index < -0.39 is 27.1 Å². The summed E-state index contributed by atoms with van der Waals surface area (Å²) in [6, 6.07) is 10.1. The fourth-order valence-corrected chi connectivity index (χ4v) is 2.74. The lowest BCUT2D eigenvalue weighted by Crippen LogP contribution is -2.22. The highest BCUT2D eigenvalue weighted by atomic mass is 16.6. The molecular formula is C18H14N4O6. The van der Waals surface area contributed by atoms with Crippen LogP contribution in [0.15, 0.2) is 53.1 Å². The minimum absolute atomic E-state index is 0.150. The maximum atomic E-state index is 12.9. The summed E-state index contributed by atoms with van der Waals surface area (Å²) < 4.78 is 5.26. The Kier molecular flexibility index (Phi) is 4.86. The number of non-ortho nitro benzene ring substituents is 1. The van der Waals surface area contributed by atoms with Gasteiger partial charge < -0.3 is 4.74 Å². The van der Waals surface area contributed by atoms with Crippen LogP contribution in [0.1, 0.15) is 12.5 Å². The van der Waals surface area contributed by atoms with Crippen LogP contribution in [0.4, 0.5) is 17.1 Å². The van der Waals surface area contributed by atoms with Crippen LogP contribution in [0.25, 0.3) is 6.08 Å². The van der Waals surface area contributed by atoms with Crippen LogP contribution in [-0.4, -0.2) is 28.6 Å². The molecule has 10 heteroatoms. The van der Waals surface area contributed by atoms with Gasteiger partial charge in [-0.05, 0) is 25.1 Å². The highest BCUT2D eigenvalue weighted by molar-refractivity contribution is 6.32. The van der Waals surface area contributed by atoms with Crippen LogP contribution in [-0.2, 0) is 4.79 Å². The lowest BCUT2D eigenvalue weighted by molar-refractivity contribution is -0.393. The molecule has 0 radical (unpaired) electrons. The van der Waals surface area contributed by atoms with E-state index in [4.69, 9.17) is 4.74 Å². The summed E-state index contributed by atoms with van der Waals surface area (Å²) in [4.78, 5) is 33.6. The average molecular weight is 382 g/mol. The van der Waals surface area contributed by atoms with Crippen molar-refractivity contribution in [3.8, 4) is 5.75 Å². The number of nitro groups is 2. The Morgan fingerprint density at radius 2 is 1.82 bits per heavy atom. The number of methoxy groups -OCH3 is 1. The number of rotatable bonds is 5. The minimum Gasteiger partial charge on any atom is -0.496 e. The molecular weight excluding hydrogens is 368 g/mol. The maximum Gasteiger partial charge on any atom is 0.301 e. The first kappa shape index (κ1) is 18.7. The number of nitro benzene ring substituents is 2. The molecule has 28 heavy (non-hydrogen) atoms. The molecule has 0 N–H and O–H groups in total. The Labute approximate surface area is 158 Å². The molecule has 1 amide bonds. The van der Waals surface area contributed by atoms with Crippen molar-refractivity contribution in [1.29, 1.82) is 0 Å². The highest BCUT2D eigenvalue weighted by Gasteiger charge is 2.34. The van der Waals surface area contributed by atoms with Gasteiger partial charge >= 0.3 is 5.69 Å². The van der Waals surface area contributed by atoms with Gasteiger partial charge in [-0.2, -0.15) is 10.1 Å². The van der Waals surface area contributed by atoms with E-state index in [2.05, 4.69) is 5.10 Å². The minimum atomic E-state index is -0.789. The summed E-state index contributed by atoms with van der Waals surface area (Å²) in [5.74, 6) is -0.0317. The summed E-state index contributed by atoms with van der Waals surface area (Å²) in [5.41, 5.74) is 0.0391. The van der Waals surface area contributed by atoms with E-state index in [1.54, 1.807) is 37.3 Å². The Bertz CT molecular complexity index is 1060. The monoisotopic (exact) mass is 382 g/mol. The van der Waals surface area contributed by atoms with Crippen LogP contribution in [0, 0.1) is 20.2 Å². The molecule has 0 saturated carbocycles. The zero-order chi connectivity index (χ0) is 20.4. The van der Waals surface area contributed by atoms with E-state index in [-0.39, 0.29) is 11.3 Å². The van der Waals surface area contributed by atoms with Gasteiger partial charge in [0.2, 0.25) is 0 Å². The summed E-state index contributed by atoms with van der Waals surface area (Å²) in [7, 11) is 1.50. The predicted molar refractivity (Wildman–Crippen MR) is 101 cm³/mol. The molecule has 0 atom stereocenters. The number of carbonyl (C=O) groups is 1. The van der Waals surface area contributed by atoms with Crippen LogP contribution in [0.5, 0.6) is 5.75 Å². The fraction of sp³-hybridized carbons (Fsp3) is 0.111. The van der Waals surface area contributed by atoms with Crippen molar-refractivity contribution in [2.75, 3.05) is 12.1 Å². The molecule has 142 valence electrons. The smallest absolute Gasteiger partial charge is 0.301 e. The number of ether oxygens (including phenoxy) is 1. The van der Waals surface area contributed by atoms with Gasteiger partial charge in [-0.25, -0.2) is 0 Å². The van der Waals surface area contributed by atoms with Crippen LogP contribution < -0.4 is 9.75 Å². The van der Waals surface area contributed by atoms with Gasteiger partial charge in [-0.3, -0.25) is 25.0 Å². The number of hydrazone groups is 1. The number of para-hydroxylation sites is 1. The molecule has 0 bridgehead atoms. The largest absolute Gasteiger partial charge is 0.496 e. The van der Waals surface area contributed by atoms with E-state index in [0.717, 1.165) is 23.2 Å². The zero-order valence-corrected chi connectivity index (χ0v) is 14.9. The van der Waals surface area contributed by atoms with Crippen molar-refractivity contribution in [3.05, 3.63) is 73.8 Å². The van der Waals surface area contributed by atoms with Gasteiger partial charge in [-0.15, -0.1) is 0 Å². The Morgan fingerprint density at radius 1 is 1.11 bits per heavy atom. The lowest BCUT2D eigenvalue weighted by atomic mass is 10.1. The first-order valence-corrected chi connectivity index (χ1v) is 8.01. The van der Waals surface area contributed by atoms with Crippen molar-refractivity contribution >= 4 is 34.8 Å². The molecule has 0 fully saturated rings. The van der Waals surface area contributed by atoms with Crippen molar-refractivity contribution in [1.82, 2.24) is 0 Å². The van der Waals surface area contributed by atoms with E-state index in [0.29, 0.717) is 17.0 Å².